The predicted octanol–water partition coefficient (Wildman–Crippen LogP) is 4.56. The highest BCUT2D eigenvalue weighted by molar-refractivity contribution is 5.90. The largest absolute Gasteiger partial charge is 0.358 e. The number of benzene rings is 2. The van der Waals surface area contributed by atoms with Crippen LogP contribution in [0.25, 0.3) is 17.0 Å². The quantitative estimate of drug-likeness (QED) is 0.254. The first-order chi connectivity index (χ1) is 12.7. The minimum absolute atomic E-state index is 0.526. The number of hydrogen-bond acceptors (Lipinski definition) is 2. The summed E-state index contributed by atoms with van der Waals surface area (Å²) in [5.74, 6) is -0.526. The number of aromatic amines is 1. The number of fused-ring (bicyclic) bond motifs is 1. The number of rotatable bonds is 7. The number of aryl methyl sites for hydroxylation is 3. The number of carbonyl (C=O) groups excluding carboxylic acids is 1. The fourth-order valence-corrected chi connectivity index (χ4v) is 3.29. The van der Waals surface area contributed by atoms with Gasteiger partial charge in [-0.2, -0.15) is 0 Å². The van der Waals surface area contributed by atoms with Gasteiger partial charge in [0.25, 0.3) is 5.91 Å². The van der Waals surface area contributed by atoms with E-state index in [-0.39, 0.29) is 0 Å². The SMILES string of the molecule is Cc1[nH]c2ccccc2c1CCCCc1ccc(/C=C/C(=O)NO)cc1. The summed E-state index contributed by atoms with van der Waals surface area (Å²) < 4.78 is 0. The lowest BCUT2D eigenvalue weighted by atomic mass is 10.0. The lowest BCUT2D eigenvalue weighted by Gasteiger charge is -2.04. The summed E-state index contributed by atoms with van der Waals surface area (Å²) in [4.78, 5) is 14.4. The molecule has 3 aromatic rings. The van der Waals surface area contributed by atoms with Crippen molar-refractivity contribution in [3.63, 3.8) is 0 Å². The lowest BCUT2D eigenvalue weighted by Crippen LogP contribution is -2.14. The Morgan fingerprint density at radius 1 is 1.08 bits per heavy atom. The molecule has 0 spiro atoms. The van der Waals surface area contributed by atoms with Gasteiger partial charge in [0.05, 0.1) is 0 Å². The first-order valence-corrected chi connectivity index (χ1v) is 8.94. The highest BCUT2D eigenvalue weighted by atomic mass is 16.5. The third kappa shape index (κ3) is 4.41. The molecule has 0 bridgehead atoms. The van der Waals surface area contributed by atoms with E-state index >= 15 is 0 Å². The predicted molar refractivity (Wildman–Crippen MR) is 105 cm³/mol. The van der Waals surface area contributed by atoms with E-state index in [1.165, 1.54) is 33.8 Å². The van der Waals surface area contributed by atoms with Crippen molar-refractivity contribution < 1.29 is 10.0 Å². The van der Waals surface area contributed by atoms with Gasteiger partial charge in [-0.1, -0.05) is 42.5 Å². The molecule has 3 N–H and O–H groups in total. The molecule has 0 atom stereocenters. The summed E-state index contributed by atoms with van der Waals surface area (Å²) in [7, 11) is 0. The topological polar surface area (TPSA) is 65.1 Å². The zero-order valence-corrected chi connectivity index (χ0v) is 15.0. The third-order valence-electron chi connectivity index (χ3n) is 4.69. The molecule has 1 amide bonds. The zero-order chi connectivity index (χ0) is 18.4. The number of hydrogen-bond donors (Lipinski definition) is 3. The van der Waals surface area contributed by atoms with Crippen molar-refractivity contribution in [3.05, 3.63) is 77.0 Å². The maximum absolute atomic E-state index is 11.0. The first kappa shape index (κ1) is 18.0. The Balaban J connectivity index is 1.51. The van der Waals surface area contributed by atoms with E-state index in [0.29, 0.717) is 0 Å². The highest BCUT2D eigenvalue weighted by Crippen LogP contribution is 2.23. The van der Waals surface area contributed by atoms with Crippen LogP contribution in [0.2, 0.25) is 0 Å². The Morgan fingerprint density at radius 2 is 1.81 bits per heavy atom. The van der Waals surface area contributed by atoms with Crippen molar-refractivity contribution >= 4 is 22.9 Å². The molecular weight excluding hydrogens is 324 g/mol. The van der Waals surface area contributed by atoms with Gasteiger partial charge in [-0.05, 0) is 61.4 Å². The molecule has 4 nitrogen and oxygen atoms in total. The first-order valence-electron chi connectivity index (χ1n) is 8.94. The third-order valence-corrected chi connectivity index (χ3v) is 4.69. The molecule has 4 heteroatoms. The van der Waals surface area contributed by atoms with Gasteiger partial charge in [0.1, 0.15) is 0 Å². The molecule has 1 aromatic heterocycles. The molecular formula is C22H24N2O2. The number of aromatic nitrogens is 1. The van der Waals surface area contributed by atoms with Crippen LogP contribution in [-0.4, -0.2) is 16.1 Å². The standard InChI is InChI=1S/C22H24N2O2/c1-16-19(20-8-4-5-9-21(20)23-16)7-3-2-6-17-10-12-18(13-11-17)14-15-22(25)24-26/h4-5,8-15,23,26H,2-3,6-7H2,1H3,(H,24,25)/b15-14+. The van der Waals surface area contributed by atoms with Crippen molar-refractivity contribution in [2.45, 2.75) is 32.6 Å². The molecule has 0 aliphatic carbocycles. The number of hydroxylamine groups is 1. The second-order valence-corrected chi connectivity index (χ2v) is 6.53. The zero-order valence-electron chi connectivity index (χ0n) is 15.0. The summed E-state index contributed by atoms with van der Waals surface area (Å²) in [5.41, 5.74) is 7.74. The molecule has 26 heavy (non-hydrogen) atoms. The minimum atomic E-state index is -0.526. The number of amides is 1. The number of unbranched alkanes of at least 4 members (excludes halogenated alkanes) is 1. The number of para-hydroxylation sites is 1. The van der Waals surface area contributed by atoms with Crippen LogP contribution in [0.15, 0.2) is 54.6 Å². The number of H-pyrrole nitrogens is 1. The van der Waals surface area contributed by atoms with Crippen molar-refractivity contribution in [3.8, 4) is 0 Å². The summed E-state index contributed by atoms with van der Waals surface area (Å²) in [6.45, 7) is 2.15. The minimum Gasteiger partial charge on any atom is -0.358 e. The molecule has 1 heterocycles. The molecule has 134 valence electrons. The molecule has 0 unspecified atom stereocenters. The van der Waals surface area contributed by atoms with Crippen LogP contribution in [0.1, 0.15) is 35.2 Å². The Bertz CT molecular complexity index is 908. The number of carbonyl (C=O) groups is 1. The Hall–Kier alpha value is -2.85. The van der Waals surface area contributed by atoms with Gasteiger partial charge < -0.3 is 4.98 Å². The maximum atomic E-state index is 11.0. The van der Waals surface area contributed by atoms with Gasteiger partial charge in [-0.3, -0.25) is 10.0 Å². The summed E-state index contributed by atoms with van der Waals surface area (Å²) >= 11 is 0. The van der Waals surface area contributed by atoms with Crippen LogP contribution in [0.5, 0.6) is 0 Å². The van der Waals surface area contributed by atoms with Gasteiger partial charge >= 0.3 is 0 Å². The van der Waals surface area contributed by atoms with Gasteiger partial charge in [0, 0.05) is 22.7 Å². The van der Waals surface area contributed by atoms with E-state index in [1.807, 2.05) is 12.1 Å². The fourth-order valence-electron chi connectivity index (χ4n) is 3.29. The van der Waals surface area contributed by atoms with Gasteiger partial charge in [0.15, 0.2) is 0 Å². The smallest absolute Gasteiger partial charge is 0.267 e. The van der Waals surface area contributed by atoms with Gasteiger partial charge in [0.2, 0.25) is 0 Å². The Kier molecular flexibility index (Phi) is 5.87. The van der Waals surface area contributed by atoms with Crippen LogP contribution in [-0.2, 0) is 17.6 Å². The molecule has 0 aliphatic heterocycles. The van der Waals surface area contributed by atoms with Crippen LogP contribution < -0.4 is 5.48 Å². The van der Waals surface area contributed by atoms with Crippen LogP contribution in [0, 0.1) is 6.92 Å². The van der Waals surface area contributed by atoms with Crippen LogP contribution in [0.3, 0.4) is 0 Å². The van der Waals surface area contributed by atoms with Gasteiger partial charge in [-0.25, -0.2) is 5.48 Å². The van der Waals surface area contributed by atoms with Gasteiger partial charge in [-0.15, -0.1) is 0 Å². The fraction of sp³-hybridized carbons (Fsp3) is 0.227. The molecule has 0 aliphatic rings. The summed E-state index contributed by atoms with van der Waals surface area (Å²) in [6.07, 6.45) is 7.41. The second-order valence-electron chi connectivity index (χ2n) is 6.53. The summed E-state index contributed by atoms with van der Waals surface area (Å²) in [5, 5.41) is 9.81. The van der Waals surface area contributed by atoms with E-state index < -0.39 is 5.91 Å². The molecule has 2 aromatic carbocycles. The highest BCUT2D eigenvalue weighted by Gasteiger charge is 2.07. The monoisotopic (exact) mass is 348 g/mol. The van der Waals surface area contributed by atoms with Crippen LogP contribution in [0.4, 0.5) is 0 Å². The van der Waals surface area contributed by atoms with Crippen molar-refractivity contribution in [2.75, 3.05) is 0 Å². The molecule has 0 saturated carbocycles. The number of nitrogens with one attached hydrogen (secondary N) is 2. The lowest BCUT2D eigenvalue weighted by molar-refractivity contribution is -0.124. The normalized spacial score (nSPS) is 11.3. The maximum Gasteiger partial charge on any atom is 0.267 e. The molecule has 3 rings (SSSR count). The summed E-state index contributed by atoms with van der Waals surface area (Å²) in [6, 6.07) is 16.6. The average molecular weight is 348 g/mol. The Morgan fingerprint density at radius 3 is 2.58 bits per heavy atom. The van der Waals surface area contributed by atoms with E-state index in [1.54, 1.807) is 11.6 Å². The van der Waals surface area contributed by atoms with Crippen molar-refractivity contribution in [2.24, 2.45) is 0 Å². The van der Waals surface area contributed by atoms with E-state index in [0.717, 1.165) is 31.2 Å². The van der Waals surface area contributed by atoms with Crippen molar-refractivity contribution in [1.29, 1.82) is 0 Å². The van der Waals surface area contributed by atoms with Crippen LogP contribution >= 0.6 is 0 Å². The van der Waals surface area contributed by atoms with E-state index in [9.17, 15) is 4.79 Å². The second kappa shape index (κ2) is 8.50. The average Bonchev–Trinajstić information content (AvgIpc) is 2.99. The van der Waals surface area contributed by atoms with E-state index in [4.69, 9.17) is 5.21 Å². The Labute approximate surface area is 153 Å². The molecule has 0 saturated heterocycles. The van der Waals surface area contributed by atoms with Crippen molar-refractivity contribution in [1.82, 2.24) is 10.5 Å². The molecule has 0 fully saturated rings. The molecule has 0 radical (unpaired) electrons. The van der Waals surface area contributed by atoms with E-state index in [2.05, 4.69) is 48.3 Å².